The number of nitrogens with zero attached hydrogens (tertiary/aromatic N) is 2. The Morgan fingerprint density at radius 2 is 1.50 bits per heavy atom. The molecule has 1 saturated heterocycles. The van der Waals surface area contributed by atoms with Crippen LogP contribution in [0.1, 0.15) is 27.1 Å². The second-order valence-electron chi connectivity index (χ2n) is 6.29. The molecular formula is C18H15FN2O4S. The Balaban J connectivity index is 1.57. The third-order valence-electron chi connectivity index (χ3n) is 4.77. The summed E-state index contributed by atoms with van der Waals surface area (Å²) in [6.07, 6.45) is 0.367. The third kappa shape index (κ3) is 2.53. The van der Waals surface area contributed by atoms with Crippen LogP contribution in [0.4, 0.5) is 4.39 Å². The Hall–Kier alpha value is -2.58. The van der Waals surface area contributed by atoms with Crippen molar-refractivity contribution in [2.45, 2.75) is 17.4 Å². The van der Waals surface area contributed by atoms with Gasteiger partial charge in [-0.15, -0.1) is 0 Å². The number of hydrogen-bond acceptors (Lipinski definition) is 4. The van der Waals surface area contributed by atoms with Crippen molar-refractivity contribution in [2.75, 3.05) is 13.1 Å². The number of carbonyl (C=O) groups excluding carboxylic acids is 2. The molecule has 1 fully saturated rings. The van der Waals surface area contributed by atoms with Crippen molar-refractivity contribution in [1.29, 1.82) is 0 Å². The first kappa shape index (κ1) is 16.9. The number of fused-ring (bicyclic) bond motifs is 1. The van der Waals surface area contributed by atoms with Crippen LogP contribution in [0.3, 0.4) is 0 Å². The standard InChI is InChI=1S/C18H15FN2O4S/c19-12-5-7-14(8-6-12)26(24,25)20-10-9-13(11-20)21-17(22)15-3-1-2-4-16(15)18(21)23/h1-8,13H,9-11H2. The summed E-state index contributed by atoms with van der Waals surface area (Å²) in [6.45, 7) is 0.225. The molecule has 0 aliphatic carbocycles. The fourth-order valence-electron chi connectivity index (χ4n) is 3.43. The van der Waals surface area contributed by atoms with Gasteiger partial charge in [0.1, 0.15) is 5.82 Å². The van der Waals surface area contributed by atoms with Gasteiger partial charge in [0.2, 0.25) is 10.0 Å². The number of imide groups is 1. The molecule has 0 spiro atoms. The molecule has 1 atom stereocenters. The average Bonchev–Trinajstić information content (AvgIpc) is 3.20. The van der Waals surface area contributed by atoms with Crippen LogP contribution in [0.25, 0.3) is 0 Å². The van der Waals surface area contributed by atoms with Crippen molar-refractivity contribution in [3.63, 3.8) is 0 Å². The zero-order chi connectivity index (χ0) is 18.5. The van der Waals surface area contributed by atoms with E-state index in [0.717, 1.165) is 17.0 Å². The van der Waals surface area contributed by atoms with E-state index in [1.165, 1.54) is 16.4 Å². The lowest BCUT2D eigenvalue weighted by atomic mass is 10.1. The van der Waals surface area contributed by atoms with E-state index in [-0.39, 0.29) is 18.0 Å². The summed E-state index contributed by atoms with van der Waals surface area (Å²) in [7, 11) is -3.80. The number of hydrogen-bond donors (Lipinski definition) is 0. The number of halogens is 1. The average molecular weight is 374 g/mol. The lowest BCUT2D eigenvalue weighted by Crippen LogP contribution is -2.42. The van der Waals surface area contributed by atoms with E-state index in [2.05, 4.69) is 0 Å². The Labute approximate surface area is 149 Å². The zero-order valence-electron chi connectivity index (χ0n) is 13.6. The van der Waals surface area contributed by atoms with Crippen LogP contribution in [0.15, 0.2) is 53.4 Å². The maximum Gasteiger partial charge on any atom is 0.261 e. The van der Waals surface area contributed by atoms with Crippen LogP contribution in [0.2, 0.25) is 0 Å². The minimum absolute atomic E-state index is 0.0121. The van der Waals surface area contributed by atoms with Gasteiger partial charge in [-0.2, -0.15) is 4.31 Å². The molecule has 0 aromatic heterocycles. The summed E-state index contributed by atoms with van der Waals surface area (Å²) in [5, 5.41) is 0. The molecule has 2 heterocycles. The Morgan fingerprint density at radius 3 is 2.08 bits per heavy atom. The molecule has 8 heteroatoms. The van der Waals surface area contributed by atoms with E-state index < -0.39 is 33.7 Å². The van der Waals surface area contributed by atoms with Gasteiger partial charge in [0.25, 0.3) is 11.8 Å². The van der Waals surface area contributed by atoms with E-state index in [4.69, 9.17) is 0 Å². The molecule has 134 valence electrons. The first-order valence-electron chi connectivity index (χ1n) is 8.12. The van der Waals surface area contributed by atoms with Gasteiger partial charge in [0.15, 0.2) is 0 Å². The number of amides is 2. The van der Waals surface area contributed by atoms with Crippen molar-refractivity contribution in [1.82, 2.24) is 9.21 Å². The van der Waals surface area contributed by atoms with Gasteiger partial charge in [-0.25, -0.2) is 12.8 Å². The molecule has 2 amide bonds. The van der Waals surface area contributed by atoms with Crippen molar-refractivity contribution < 1.29 is 22.4 Å². The van der Waals surface area contributed by atoms with Crippen LogP contribution < -0.4 is 0 Å². The minimum atomic E-state index is -3.80. The molecule has 0 bridgehead atoms. The topological polar surface area (TPSA) is 74.8 Å². The normalized spacial score (nSPS) is 20.7. The summed E-state index contributed by atoms with van der Waals surface area (Å²) >= 11 is 0. The lowest BCUT2D eigenvalue weighted by Gasteiger charge is -2.22. The third-order valence-corrected chi connectivity index (χ3v) is 6.65. The fraction of sp³-hybridized carbons (Fsp3) is 0.222. The SMILES string of the molecule is O=C1c2ccccc2C(=O)N1C1CCN(S(=O)(=O)c2ccc(F)cc2)C1. The molecule has 2 aromatic rings. The first-order valence-corrected chi connectivity index (χ1v) is 9.56. The quantitative estimate of drug-likeness (QED) is 0.769. The molecule has 6 nitrogen and oxygen atoms in total. The highest BCUT2D eigenvalue weighted by Crippen LogP contribution is 2.30. The molecule has 0 radical (unpaired) electrons. The highest BCUT2D eigenvalue weighted by Gasteiger charge is 2.44. The van der Waals surface area contributed by atoms with Crippen LogP contribution in [0, 0.1) is 5.82 Å². The molecule has 2 aliphatic heterocycles. The highest BCUT2D eigenvalue weighted by atomic mass is 32.2. The number of benzene rings is 2. The Bertz CT molecular complexity index is 969. The second kappa shape index (κ2) is 6.00. The summed E-state index contributed by atoms with van der Waals surface area (Å²) in [6, 6.07) is 10.6. The van der Waals surface area contributed by atoms with Gasteiger partial charge in [-0.1, -0.05) is 12.1 Å². The van der Waals surface area contributed by atoms with Crippen molar-refractivity contribution in [3.8, 4) is 0 Å². The monoisotopic (exact) mass is 374 g/mol. The zero-order valence-corrected chi connectivity index (χ0v) is 14.4. The van der Waals surface area contributed by atoms with Gasteiger partial charge in [0.05, 0.1) is 22.1 Å². The predicted octanol–water partition coefficient (Wildman–Crippen LogP) is 1.88. The van der Waals surface area contributed by atoms with Crippen LogP contribution >= 0.6 is 0 Å². The number of sulfonamides is 1. The van der Waals surface area contributed by atoms with E-state index in [9.17, 15) is 22.4 Å². The van der Waals surface area contributed by atoms with E-state index in [1.54, 1.807) is 24.3 Å². The molecule has 0 saturated carbocycles. The fourth-order valence-corrected chi connectivity index (χ4v) is 4.93. The van der Waals surface area contributed by atoms with Crippen LogP contribution in [-0.2, 0) is 10.0 Å². The molecule has 4 rings (SSSR count). The maximum atomic E-state index is 13.0. The molecule has 1 unspecified atom stereocenters. The Kier molecular flexibility index (Phi) is 3.89. The van der Waals surface area contributed by atoms with Gasteiger partial charge >= 0.3 is 0 Å². The van der Waals surface area contributed by atoms with E-state index in [1.807, 2.05) is 0 Å². The maximum absolute atomic E-state index is 13.0. The summed E-state index contributed by atoms with van der Waals surface area (Å²) in [5.41, 5.74) is 0.690. The van der Waals surface area contributed by atoms with Crippen molar-refractivity contribution >= 4 is 21.8 Å². The number of rotatable bonds is 3. The lowest BCUT2D eigenvalue weighted by molar-refractivity contribution is 0.0593. The second-order valence-corrected chi connectivity index (χ2v) is 8.22. The van der Waals surface area contributed by atoms with Crippen molar-refractivity contribution in [2.24, 2.45) is 0 Å². The molecule has 2 aliphatic rings. The predicted molar refractivity (Wildman–Crippen MR) is 90.5 cm³/mol. The summed E-state index contributed by atoms with van der Waals surface area (Å²) < 4.78 is 39.7. The minimum Gasteiger partial charge on any atom is -0.270 e. The van der Waals surface area contributed by atoms with Crippen LogP contribution in [-0.4, -0.2) is 48.6 Å². The largest absolute Gasteiger partial charge is 0.270 e. The molecule has 26 heavy (non-hydrogen) atoms. The van der Waals surface area contributed by atoms with Crippen molar-refractivity contribution in [3.05, 3.63) is 65.5 Å². The van der Waals surface area contributed by atoms with Gasteiger partial charge in [-0.3, -0.25) is 14.5 Å². The molecular weight excluding hydrogens is 359 g/mol. The smallest absolute Gasteiger partial charge is 0.261 e. The van der Waals surface area contributed by atoms with Crippen LogP contribution in [0.5, 0.6) is 0 Å². The summed E-state index contributed by atoms with van der Waals surface area (Å²) in [5.74, 6) is -1.30. The highest BCUT2D eigenvalue weighted by molar-refractivity contribution is 7.89. The van der Waals surface area contributed by atoms with E-state index >= 15 is 0 Å². The molecule has 2 aromatic carbocycles. The first-order chi connectivity index (χ1) is 12.4. The number of carbonyl (C=O) groups is 2. The Morgan fingerprint density at radius 1 is 0.923 bits per heavy atom. The molecule has 0 N–H and O–H groups in total. The van der Waals surface area contributed by atoms with E-state index in [0.29, 0.717) is 17.5 Å². The van der Waals surface area contributed by atoms with Gasteiger partial charge < -0.3 is 0 Å². The van der Waals surface area contributed by atoms with Gasteiger partial charge in [0, 0.05) is 13.1 Å². The van der Waals surface area contributed by atoms with Gasteiger partial charge in [-0.05, 0) is 42.8 Å². The summed E-state index contributed by atoms with van der Waals surface area (Å²) in [4.78, 5) is 26.3.